The van der Waals surface area contributed by atoms with Crippen molar-refractivity contribution in [2.75, 3.05) is 25.0 Å². The van der Waals surface area contributed by atoms with E-state index in [1.165, 1.54) is 12.8 Å². The molecule has 0 radical (unpaired) electrons. The Kier molecular flexibility index (Phi) is 5.41. The molecule has 1 saturated carbocycles. The van der Waals surface area contributed by atoms with Crippen molar-refractivity contribution in [2.24, 2.45) is 5.92 Å². The van der Waals surface area contributed by atoms with Gasteiger partial charge in [-0.1, -0.05) is 13.0 Å². The molecule has 1 aliphatic rings. The number of hydrogen-bond donors (Lipinski definition) is 2. The van der Waals surface area contributed by atoms with E-state index in [0.29, 0.717) is 13.2 Å². The van der Waals surface area contributed by atoms with Crippen LogP contribution in [0.2, 0.25) is 0 Å². The van der Waals surface area contributed by atoms with Crippen molar-refractivity contribution in [1.82, 2.24) is 5.32 Å². The second-order valence-electron chi connectivity index (χ2n) is 5.47. The quantitative estimate of drug-likeness (QED) is 0.767. The summed E-state index contributed by atoms with van der Waals surface area (Å²) in [6.07, 6.45) is 3.54. The molecule has 0 unspecified atom stereocenters. The molecular formula is C16H24N2O2. The van der Waals surface area contributed by atoms with Crippen LogP contribution in [0.4, 0.5) is 5.69 Å². The molecule has 0 spiro atoms. The topological polar surface area (TPSA) is 50.4 Å². The average Bonchev–Trinajstić information content (AvgIpc) is 3.23. The molecule has 0 saturated heterocycles. The van der Waals surface area contributed by atoms with Gasteiger partial charge in [0.05, 0.1) is 18.8 Å². The SMILES string of the molecule is CCCOc1cc(C)ccc1NC(=O)CNCC1CC1. The van der Waals surface area contributed by atoms with E-state index in [1.807, 2.05) is 25.1 Å². The summed E-state index contributed by atoms with van der Waals surface area (Å²) in [6.45, 7) is 6.04. The summed E-state index contributed by atoms with van der Waals surface area (Å²) < 4.78 is 5.69. The second-order valence-corrected chi connectivity index (χ2v) is 5.47. The zero-order valence-corrected chi connectivity index (χ0v) is 12.4. The zero-order chi connectivity index (χ0) is 14.4. The molecule has 0 aromatic heterocycles. The summed E-state index contributed by atoms with van der Waals surface area (Å²) in [5.41, 5.74) is 1.88. The lowest BCUT2D eigenvalue weighted by atomic mass is 10.2. The van der Waals surface area contributed by atoms with E-state index in [2.05, 4.69) is 17.6 Å². The molecule has 2 rings (SSSR count). The van der Waals surface area contributed by atoms with Gasteiger partial charge in [0.25, 0.3) is 0 Å². The molecule has 0 heterocycles. The van der Waals surface area contributed by atoms with Gasteiger partial charge in [0.2, 0.25) is 5.91 Å². The number of aryl methyl sites for hydroxylation is 1. The van der Waals surface area contributed by atoms with E-state index >= 15 is 0 Å². The van der Waals surface area contributed by atoms with Gasteiger partial charge in [-0.05, 0) is 56.3 Å². The van der Waals surface area contributed by atoms with Crippen LogP contribution in [-0.4, -0.2) is 25.6 Å². The molecule has 0 atom stereocenters. The van der Waals surface area contributed by atoms with Crippen LogP contribution in [0.25, 0.3) is 0 Å². The second kappa shape index (κ2) is 7.29. The number of rotatable bonds is 8. The number of carbonyl (C=O) groups is 1. The highest BCUT2D eigenvalue weighted by Gasteiger charge is 2.20. The van der Waals surface area contributed by atoms with Crippen LogP contribution in [0.1, 0.15) is 31.7 Å². The Morgan fingerprint density at radius 2 is 2.20 bits per heavy atom. The van der Waals surface area contributed by atoms with E-state index in [0.717, 1.165) is 35.9 Å². The van der Waals surface area contributed by atoms with Crippen LogP contribution in [0.5, 0.6) is 5.75 Å². The molecule has 4 nitrogen and oxygen atoms in total. The fourth-order valence-corrected chi connectivity index (χ4v) is 1.97. The first-order valence-corrected chi connectivity index (χ1v) is 7.43. The van der Waals surface area contributed by atoms with Gasteiger partial charge in [0, 0.05) is 0 Å². The summed E-state index contributed by atoms with van der Waals surface area (Å²) in [5.74, 6) is 1.52. The number of hydrogen-bond acceptors (Lipinski definition) is 3. The van der Waals surface area contributed by atoms with Crippen LogP contribution in [0.3, 0.4) is 0 Å². The lowest BCUT2D eigenvalue weighted by Crippen LogP contribution is -2.29. The Labute approximate surface area is 120 Å². The third kappa shape index (κ3) is 4.85. The molecule has 110 valence electrons. The van der Waals surface area contributed by atoms with Crippen molar-refractivity contribution in [3.8, 4) is 5.75 Å². The van der Waals surface area contributed by atoms with E-state index < -0.39 is 0 Å². The molecule has 1 fully saturated rings. The highest BCUT2D eigenvalue weighted by atomic mass is 16.5. The maximum atomic E-state index is 11.9. The highest BCUT2D eigenvalue weighted by Crippen LogP contribution is 2.27. The predicted octanol–water partition coefficient (Wildman–Crippen LogP) is 2.72. The van der Waals surface area contributed by atoms with Gasteiger partial charge in [0.15, 0.2) is 0 Å². The van der Waals surface area contributed by atoms with Crippen molar-refractivity contribution < 1.29 is 9.53 Å². The van der Waals surface area contributed by atoms with Gasteiger partial charge >= 0.3 is 0 Å². The Bertz CT molecular complexity index is 456. The number of ether oxygens (including phenoxy) is 1. The maximum Gasteiger partial charge on any atom is 0.238 e. The predicted molar refractivity (Wildman–Crippen MR) is 81.2 cm³/mol. The molecule has 2 N–H and O–H groups in total. The van der Waals surface area contributed by atoms with Crippen LogP contribution < -0.4 is 15.4 Å². The minimum atomic E-state index is -0.0177. The first kappa shape index (κ1) is 14.9. The molecule has 20 heavy (non-hydrogen) atoms. The van der Waals surface area contributed by atoms with E-state index in [9.17, 15) is 4.79 Å². The first-order chi connectivity index (χ1) is 9.69. The zero-order valence-electron chi connectivity index (χ0n) is 12.4. The van der Waals surface area contributed by atoms with Crippen LogP contribution in [0, 0.1) is 12.8 Å². The molecule has 1 aromatic carbocycles. The monoisotopic (exact) mass is 276 g/mol. The molecule has 1 aliphatic carbocycles. The van der Waals surface area contributed by atoms with E-state index in [-0.39, 0.29) is 5.91 Å². The minimum Gasteiger partial charge on any atom is -0.491 e. The Hall–Kier alpha value is -1.55. The molecule has 1 aromatic rings. The number of benzene rings is 1. The van der Waals surface area contributed by atoms with Gasteiger partial charge < -0.3 is 15.4 Å². The summed E-state index contributed by atoms with van der Waals surface area (Å²) in [7, 11) is 0. The fraction of sp³-hybridized carbons (Fsp3) is 0.562. The summed E-state index contributed by atoms with van der Waals surface area (Å²) in [6, 6.07) is 5.84. The minimum absolute atomic E-state index is 0.0177. The van der Waals surface area contributed by atoms with Crippen LogP contribution >= 0.6 is 0 Å². The summed E-state index contributed by atoms with van der Waals surface area (Å²) >= 11 is 0. The smallest absolute Gasteiger partial charge is 0.238 e. The fourth-order valence-electron chi connectivity index (χ4n) is 1.97. The summed E-state index contributed by atoms with van der Waals surface area (Å²) in [4.78, 5) is 11.9. The van der Waals surface area contributed by atoms with Gasteiger partial charge in [0.1, 0.15) is 5.75 Å². The normalized spacial score (nSPS) is 14.1. The van der Waals surface area contributed by atoms with Crippen molar-refractivity contribution in [1.29, 1.82) is 0 Å². The van der Waals surface area contributed by atoms with Crippen molar-refractivity contribution in [3.05, 3.63) is 23.8 Å². The number of anilines is 1. The van der Waals surface area contributed by atoms with Crippen molar-refractivity contribution >= 4 is 11.6 Å². The van der Waals surface area contributed by atoms with Gasteiger partial charge in [-0.3, -0.25) is 4.79 Å². The lowest BCUT2D eigenvalue weighted by molar-refractivity contribution is -0.115. The third-order valence-electron chi connectivity index (χ3n) is 3.29. The third-order valence-corrected chi connectivity index (χ3v) is 3.29. The first-order valence-electron chi connectivity index (χ1n) is 7.43. The van der Waals surface area contributed by atoms with Crippen molar-refractivity contribution in [2.45, 2.75) is 33.1 Å². The lowest BCUT2D eigenvalue weighted by Gasteiger charge is -2.13. The number of carbonyl (C=O) groups excluding carboxylic acids is 1. The average molecular weight is 276 g/mol. The van der Waals surface area contributed by atoms with E-state index in [4.69, 9.17) is 4.74 Å². The molecular weight excluding hydrogens is 252 g/mol. The molecule has 1 amide bonds. The Balaban J connectivity index is 1.87. The van der Waals surface area contributed by atoms with Crippen LogP contribution in [-0.2, 0) is 4.79 Å². The van der Waals surface area contributed by atoms with Gasteiger partial charge in [-0.15, -0.1) is 0 Å². The van der Waals surface area contributed by atoms with Crippen molar-refractivity contribution in [3.63, 3.8) is 0 Å². The summed E-state index contributed by atoms with van der Waals surface area (Å²) in [5, 5.41) is 6.10. The Morgan fingerprint density at radius 1 is 1.40 bits per heavy atom. The Morgan fingerprint density at radius 3 is 2.90 bits per heavy atom. The largest absolute Gasteiger partial charge is 0.491 e. The molecule has 0 aliphatic heterocycles. The molecule has 0 bridgehead atoms. The molecule has 4 heteroatoms. The van der Waals surface area contributed by atoms with E-state index in [1.54, 1.807) is 0 Å². The van der Waals surface area contributed by atoms with Gasteiger partial charge in [-0.2, -0.15) is 0 Å². The maximum absolute atomic E-state index is 11.9. The standard InChI is InChI=1S/C16H24N2O2/c1-3-8-20-15-9-12(2)4-7-14(15)18-16(19)11-17-10-13-5-6-13/h4,7,9,13,17H,3,5-6,8,10-11H2,1-2H3,(H,18,19). The highest BCUT2D eigenvalue weighted by molar-refractivity contribution is 5.93. The van der Waals surface area contributed by atoms with Crippen LogP contribution in [0.15, 0.2) is 18.2 Å². The van der Waals surface area contributed by atoms with Gasteiger partial charge in [-0.25, -0.2) is 0 Å². The number of nitrogens with one attached hydrogen (secondary N) is 2. The number of amides is 1.